The number of amides is 1. The van der Waals surface area contributed by atoms with Gasteiger partial charge in [0, 0.05) is 19.0 Å². The van der Waals surface area contributed by atoms with Gasteiger partial charge < -0.3 is 14.8 Å². The van der Waals surface area contributed by atoms with Crippen molar-refractivity contribution in [2.45, 2.75) is 26.3 Å². The van der Waals surface area contributed by atoms with Gasteiger partial charge in [0.05, 0.1) is 14.2 Å². The van der Waals surface area contributed by atoms with Gasteiger partial charge >= 0.3 is 0 Å². The van der Waals surface area contributed by atoms with E-state index in [0.717, 1.165) is 12.0 Å². The van der Waals surface area contributed by atoms with E-state index in [1.165, 1.54) is 11.1 Å². The quantitative estimate of drug-likeness (QED) is 0.853. The molecule has 0 aliphatic carbocycles. The number of ether oxygens (including phenoxy) is 2. The molecule has 0 aromatic heterocycles. The number of nitrogens with one attached hydrogen (secondary N) is 1. The maximum Gasteiger partial charge on any atom is 0.220 e. The van der Waals surface area contributed by atoms with Crippen molar-refractivity contribution in [1.82, 2.24) is 5.32 Å². The first-order chi connectivity index (χ1) is 11.1. The highest BCUT2D eigenvalue weighted by molar-refractivity contribution is 5.76. The van der Waals surface area contributed by atoms with Gasteiger partial charge in [-0.25, -0.2) is 0 Å². The third kappa shape index (κ3) is 5.33. The minimum Gasteiger partial charge on any atom is -0.497 e. The Labute approximate surface area is 137 Å². The zero-order valence-electron chi connectivity index (χ0n) is 13.9. The maximum atomic E-state index is 12.0. The Balaban J connectivity index is 1.86. The van der Waals surface area contributed by atoms with Crippen LogP contribution in [0, 0.1) is 6.92 Å². The summed E-state index contributed by atoms with van der Waals surface area (Å²) in [4.78, 5) is 12.0. The highest BCUT2D eigenvalue weighted by atomic mass is 16.5. The highest BCUT2D eigenvalue weighted by Crippen LogP contribution is 2.22. The largest absolute Gasteiger partial charge is 0.497 e. The smallest absolute Gasteiger partial charge is 0.220 e. The van der Waals surface area contributed by atoms with E-state index in [-0.39, 0.29) is 5.91 Å². The summed E-state index contributed by atoms with van der Waals surface area (Å²) >= 11 is 0. The van der Waals surface area contributed by atoms with Crippen LogP contribution < -0.4 is 14.8 Å². The Morgan fingerprint density at radius 1 is 1.00 bits per heavy atom. The third-order valence-electron chi connectivity index (χ3n) is 3.62. The van der Waals surface area contributed by atoms with Gasteiger partial charge in [0.15, 0.2) is 0 Å². The van der Waals surface area contributed by atoms with Crippen LogP contribution in [-0.4, -0.2) is 20.1 Å². The molecule has 0 fully saturated rings. The molecule has 0 saturated heterocycles. The second-order valence-electron chi connectivity index (χ2n) is 5.49. The van der Waals surface area contributed by atoms with Crippen LogP contribution in [0.15, 0.2) is 42.5 Å². The molecule has 23 heavy (non-hydrogen) atoms. The van der Waals surface area contributed by atoms with Crippen molar-refractivity contribution in [1.29, 1.82) is 0 Å². The molecule has 0 unspecified atom stereocenters. The Morgan fingerprint density at radius 2 is 1.70 bits per heavy atom. The Kier molecular flexibility index (Phi) is 6.03. The van der Waals surface area contributed by atoms with Crippen LogP contribution in [0.1, 0.15) is 23.1 Å². The Bertz CT molecular complexity index is 645. The van der Waals surface area contributed by atoms with Gasteiger partial charge in [0.2, 0.25) is 5.91 Å². The van der Waals surface area contributed by atoms with E-state index in [0.29, 0.717) is 24.5 Å². The van der Waals surface area contributed by atoms with Gasteiger partial charge in [0.25, 0.3) is 0 Å². The molecule has 1 N–H and O–H groups in total. The molecule has 0 radical (unpaired) electrons. The molecule has 2 rings (SSSR count). The van der Waals surface area contributed by atoms with E-state index >= 15 is 0 Å². The summed E-state index contributed by atoms with van der Waals surface area (Å²) in [7, 11) is 3.22. The van der Waals surface area contributed by atoms with Crippen molar-refractivity contribution in [3.8, 4) is 11.5 Å². The molecule has 0 saturated carbocycles. The van der Waals surface area contributed by atoms with Gasteiger partial charge in [-0.2, -0.15) is 0 Å². The number of hydrogen-bond acceptors (Lipinski definition) is 3. The summed E-state index contributed by atoms with van der Waals surface area (Å²) < 4.78 is 10.5. The minimum absolute atomic E-state index is 0.0355. The molecule has 1 amide bonds. The molecule has 0 spiro atoms. The molecular weight excluding hydrogens is 290 g/mol. The Morgan fingerprint density at radius 3 is 2.30 bits per heavy atom. The zero-order valence-corrected chi connectivity index (χ0v) is 13.9. The number of rotatable bonds is 7. The van der Waals surface area contributed by atoms with Gasteiger partial charge in [-0.3, -0.25) is 4.79 Å². The fraction of sp³-hybridized carbons (Fsp3) is 0.316. The number of aryl methyl sites for hydroxylation is 2. The first-order valence-corrected chi connectivity index (χ1v) is 7.65. The highest BCUT2D eigenvalue weighted by Gasteiger charge is 2.05. The summed E-state index contributed by atoms with van der Waals surface area (Å²) in [6, 6.07) is 13.8. The number of benzene rings is 2. The first kappa shape index (κ1) is 16.9. The van der Waals surface area contributed by atoms with Crippen LogP contribution in [0.25, 0.3) is 0 Å². The summed E-state index contributed by atoms with van der Waals surface area (Å²) in [5, 5.41) is 2.94. The lowest BCUT2D eigenvalue weighted by Crippen LogP contribution is -2.23. The predicted molar refractivity (Wildman–Crippen MR) is 90.9 cm³/mol. The molecule has 122 valence electrons. The second-order valence-corrected chi connectivity index (χ2v) is 5.49. The number of carbonyl (C=O) groups is 1. The van der Waals surface area contributed by atoms with E-state index in [9.17, 15) is 4.79 Å². The van der Waals surface area contributed by atoms with E-state index in [1.54, 1.807) is 14.2 Å². The summed E-state index contributed by atoms with van der Waals surface area (Å²) in [6.45, 7) is 2.51. The molecule has 4 heteroatoms. The first-order valence-electron chi connectivity index (χ1n) is 7.65. The van der Waals surface area contributed by atoms with Gasteiger partial charge in [-0.15, -0.1) is 0 Å². The molecule has 0 heterocycles. The zero-order chi connectivity index (χ0) is 16.7. The van der Waals surface area contributed by atoms with Gasteiger partial charge in [-0.05, 0) is 36.6 Å². The Hall–Kier alpha value is -2.49. The van der Waals surface area contributed by atoms with E-state index in [4.69, 9.17) is 9.47 Å². The number of hydrogen-bond donors (Lipinski definition) is 1. The molecule has 0 atom stereocenters. The molecule has 0 bridgehead atoms. The van der Waals surface area contributed by atoms with Crippen LogP contribution in [0.2, 0.25) is 0 Å². The minimum atomic E-state index is 0.0355. The standard InChI is InChI=1S/C19H23NO3/c1-14-5-4-6-15(9-14)7-8-19(21)20-13-16-10-17(22-2)12-18(11-16)23-3/h4-6,9-12H,7-8,13H2,1-3H3,(H,20,21). The van der Waals surface area contributed by atoms with Crippen molar-refractivity contribution in [2.75, 3.05) is 14.2 Å². The fourth-order valence-corrected chi connectivity index (χ4v) is 2.38. The number of carbonyl (C=O) groups excluding carboxylic acids is 1. The van der Waals surface area contributed by atoms with Crippen LogP contribution in [0.3, 0.4) is 0 Å². The molecule has 4 nitrogen and oxygen atoms in total. The molecule has 2 aromatic rings. The van der Waals surface area contributed by atoms with Gasteiger partial charge in [0.1, 0.15) is 11.5 Å². The topological polar surface area (TPSA) is 47.6 Å². The SMILES string of the molecule is COc1cc(CNC(=O)CCc2cccc(C)c2)cc(OC)c1. The molecule has 0 aliphatic heterocycles. The van der Waals surface area contributed by atoms with Crippen molar-refractivity contribution in [3.05, 3.63) is 59.2 Å². The lowest BCUT2D eigenvalue weighted by atomic mass is 10.1. The van der Waals surface area contributed by atoms with Crippen molar-refractivity contribution in [3.63, 3.8) is 0 Å². The third-order valence-corrected chi connectivity index (χ3v) is 3.62. The number of methoxy groups -OCH3 is 2. The second kappa shape index (κ2) is 8.22. The fourth-order valence-electron chi connectivity index (χ4n) is 2.38. The van der Waals surface area contributed by atoms with Crippen LogP contribution in [0.4, 0.5) is 0 Å². The lowest BCUT2D eigenvalue weighted by molar-refractivity contribution is -0.121. The van der Waals surface area contributed by atoms with Crippen LogP contribution >= 0.6 is 0 Å². The monoisotopic (exact) mass is 313 g/mol. The van der Waals surface area contributed by atoms with Crippen molar-refractivity contribution < 1.29 is 14.3 Å². The average molecular weight is 313 g/mol. The van der Waals surface area contributed by atoms with E-state index < -0.39 is 0 Å². The summed E-state index contributed by atoms with van der Waals surface area (Å²) in [5.74, 6) is 1.47. The van der Waals surface area contributed by atoms with Crippen molar-refractivity contribution in [2.24, 2.45) is 0 Å². The molecular formula is C19H23NO3. The normalized spacial score (nSPS) is 10.2. The average Bonchev–Trinajstić information content (AvgIpc) is 2.57. The van der Waals surface area contributed by atoms with E-state index in [2.05, 4.69) is 24.4 Å². The summed E-state index contributed by atoms with van der Waals surface area (Å²) in [6.07, 6.45) is 1.22. The van der Waals surface area contributed by atoms with Crippen LogP contribution in [0.5, 0.6) is 11.5 Å². The lowest BCUT2D eigenvalue weighted by Gasteiger charge is -2.10. The summed E-state index contributed by atoms with van der Waals surface area (Å²) in [5.41, 5.74) is 3.35. The predicted octanol–water partition coefficient (Wildman–Crippen LogP) is 3.26. The molecule has 2 aromatic carbocycles. The van der Waals surface area contributed by atoms with E-state index in [1.807, 2.05) is 30.3 Å². The van der Waals surface area contributed by atoms with Crippen molar-refractivity contribution >= 4 is 5.91 Å². The molecule has 0 aliphatic rings. The van der Waals surface area contributed by atoms with Crippen LogP contribution in [-0.2, 0) is 17.8 Å². The maximum absolute atomic E-state index is 12.0. The van der Waals surface area contributed by atoms with Gasteiger partial charge in [-0.1, -0.05) is 29.8 Å².